The summed E-state index contributed by atoms with van der Waals surface area (Å²) in [5.74, 6) is 0. The number of rotatable bonds is 4. The first-order valence-electron chi connectivity index (χ1n) is 19.2. The highest BCUT2D eigenvalue weighted by Crippen LogP contribution is 2.43. The molecule has 1 unspecified atom stereocenters. The van der Waals surface area contributed by atoms with Crippen LogP contribution in [0.4, 0.5) is 0 Å². The van der Waals surface area contributed by atoms with Gasteiger partial charge in [-0.15, -0.1) is 0 Å². The average Bonchev–Trinajstić information content (AvgIpc) is 3.80. The van der Waals surface area contributed by atoms with Gasteiger partial charge in [-0.05, 0) is 93.6 Å². The fraction of sp³-hybridized carbons (Fsp3) is 0.0980. The first-order chi connectivity index (χ1) is 26.8. The van der Waals surface area contributed by atoms with Crippen LogP contribution in [0.2, 0.25) is 0 Å². The minimum Gasteiger partial charge on any atom is -0.456 e. The quantitative estimate of drug-likeness (QED) is 0.199. The second-order valence-corrected chi connectivity index (χ2v) is 14.1. The van der Waals surface area contributed by atoms with Crippen molar-refractivity contribution in [3.8, 4) is 0 Å². The van der Waals surface area contributed by atoms with E-state index >= 15 is 0 Å². The molecule has 1 aliphatic carbocycles. The van der Waals surface area contributed by atoms with Gasteiger partial charge >= 0.3 is 0 Å². The first kappa shape index (κ1) is 32.1. The Balaban J connectivity index is 0.00000178. The van der Waals surface area contributed by atoms with Gasteiger partial charge in [0, 0.05) is 38.5 Å². The molecule has 3 nitrogen and oxygen atoms in total. The van der Waals surface area contributed by atoms with Crippen LogP contribution in [0.5, 0.6) is 0 Å². The Morgan fingerprint density at radius 3 is 1.89 bits per heavy atom. The molecule has 1 atom stereocenters. The third-order valence-corrected chi connectivity index (χ3v) is 11.1. The number of fused-ring (bicyclic) bond motifs is 10. The Morgan fingerprint density at radius 2 is 1.20 bits per heavy atom. The van der Waals surface area contributed by atoms with Crippen LogP contribution >= 0.6 is 0 Å². The largest absolute Gasteiger partial charge is 0.456 e. The van der Waals surface area contributed by atoms with Crippen molar-refractivity contribution in [3.63, 3.8) is 0 Å². The number of dihydropyridines is 1. The van der Waals surface area contributed by atoms with E-state index in [-0.39, 0.29) is 6.04 Å². The molecule has 0 amide bonds. The third-order valence-electron chi connectivity index (χ3n) is 11.1. The lowest BCUT2D eigenvalue weighted by Crippen LogP contribution is -2.22. The summed E-state index contributed by atoms with van der Waals surface area (Å²) in [7, 11) is 0. The second-order valence-electron chi connectivity index (χ2n) is 14.1. The van der Waals surface area contributed by atoms with Gasteiger partial charge in [-0.1, -0.05) is 141 Å². The molecule has 7 aromatic carbocycles. The monoisotopic (exact) mass is 696 g/mol. The number of benzene rings is 7. The van der Waals surface area contributed by atoms with Gasteiger partial charge in [0.2, 0.25) is 0 Å². The number of aromatic nitrogens is 1. The Morgan fingerprint density at radius 1 is 0.574 bits per heavy atom. The van der Waals surface area contributed by atoms with Crippen LogP contribution in [0.15, 0.2) is 185 Å². The maximum atomic E-state index is 6.30. The zero-order chi connectivity index (χ0) is 36.2. The van der Waals surface area contributed by atoms with Crippen molar-refractivity contribution in [2.75, 3.05) is 0 Å². The van der Waals surface area contributed by atoms with Crippen LogP contribution in [0.3, 0.4) is 0 Å². The number of hydrogen-bond acceptors (Lipinski definition) is 2. The molecule has 260 valence electrons. The SMILES string of the molecule is C1=C(C2=CC=C(n3c4ccc5ccccc5c4c4c5ccccc5ccc43)CC2)C=C(c2ccc3c(c2)oc2ccccc23)NC1c1ccccc1.CC. The topological polar surface area (TPSA) is 30.1 Å². The van der Waals surface area contributed by atoms with E-state index in [4.69, 9.17) is 4.42 Å². The summed E-state index contributed by atoms with van der Waals surface area (Å²) in [6.07, 6.45) is 11.3. The summed E-state index contributed by atoms with van der Waals surface area (Å²) < 4.78 is 8.82. The molecule has 0 saturated heterocycles. The molecule has 3 heteroatoms. The molecule has 1 aliphatic heterocycles. The lowest BCUT2D eigenvalue weighted by Gasteiger charge is -2.27. The minimum absolute atomic E-state index is 0.0488. The van der Waals surface area contributed by atoms with Crippen molar-refractivity contribution < 1.29 is 4.42 Å². The van der Waals surface area contributed by atoms with Gasteiger partial charge < -0.3 is 14.3 Å². The number of para-hydroxylation sites is 1. The van der Waals surface area contributed by atoms with Crippen molar-refractivity contribution in [1.29, 1.82) is 0 Å². The smallest absolute Gasteiger partial charge is 0.136 e. The van der Waals surface area contributed by atoms with E-state index in [0.717, 1.165) is 46.0 Å². The van der Waals surface area contributed by atoms with Crippen LogP contribution in [-0.2, 0) is 0 Å². The van der Waals surface area contributed by atoms with Crippen LogP contribution in [0.1, 0.15) is 43.9 Å². The summed E-state index contributed by atoms with van der Waals surface area (Å²) in [4.78, 5) is 0. The van der Waals surface area contributed by atoms with Crippen LogP contribution in [-0.4, -0.2) is 4.57 Å². The molecule has 0 radical (unpaired) electrons. The van der Waals surface area contributed by atoms with E-state index in [2.05, 4.69) is 168 Å². The Hall–Kier alpha value is -6.58. The molecule has 0 saturated carbocycles. The van der Waals surface area contributed by atoms with E-state index in [1.165, 1.54) is 65.8 Å². The summed E-state index contributed by atoms with van der Waals surface area (Å²) in [6, 6.07) is 52.5. The molecule has 2 aliphatic rings. The molecule has 2 aromatic heterocycles. The fourth-order valence-electron chi connectivity index (χ4n) is 8.64. The highest BCUT2D eigenvalue weighted by Gasteiger charge is 2.23. The number of nitrogens with one attached hydrogen (secondary N) is 1. The predicted molar refractivity (Wildman–Crippen MR) is 229 cm³/mol. The van der Waals surface area contributed by atoms with Crippen molar-refractivity contribution in [2.45, 2.75) is 32.7 Å². The van der Waals surface area contributed by atoms with E-state index in [9.17, 15) is 0 Å². The highest BCUT2D eigenvalue weighted by atomic mass is 16.3. The van der Waals surface area contributed by atoms with Crippen molar-refractivity contribution in [3.05, 3.63) is 192 Å². The van der Waals surface area contributed by atoms with Gasteiger partial charge in [-0.3, -0.25) is 0 Å². The fourth-order valence-corrected chi connectivity index (χ4v) is 8.64. The summed E-state index contributed by atoms with van der Waals surface area (Å²) in [5.41, 5.74) is 11.8. The molecule has 54 heavy (non-hydrogen) atoms. The number of furan rings is 1. The first-order valence-corrected chi connectivity index (χ1v) is 19.2. The lowest BCUT2D eigenvalue weighted by molar-refractivity contribution is 0.668. The van der Waals surface area contributed by atoms with Gasteiger partial charge in [-0.25, -0.2) is 0 Å². The van der Waals surface area contributed by atoms with Gasteiger partial charge in [0.1, 0.15) is 11.2 Å². The minimum atomic E-state index is 0.0488. The summed E-state index contributed by atoms with van der Waals surface area (Å²) in [6.45, 7) is 4.00. The Kier molecular flexibility index (Phi) is 7.80. The zero-order valence-corrected chi connectivity index (χ0v) is 30.5. The van der Waals surface area contributed by atoms with Gasteiger partial charge in [0.25, 0.3) is 0 Å². The maximum absolute atomic E-state index is 6.30. The molecule has 0 bridgehead atoms. The molecule has 1 N–H and O–H groups in total. The summed E-state index contributed by atoms with van der Waals surface area (Å²) >= 11 is 0. The van der Waals surface area contributed by atoms with Gasteiger partial charge in [0.15, 0.2) is 0 Å². The van der Waals surface area contributed by atoms with Crippen LogP contribution in [0, 0.1) is 0 Å². The van der Waals surface area contributed by atoms with E-state index in [1.807, 2.05) is 26.0 Å². The zero-order valence-electron chi connectivity index (χ0n) is 30.5. The van der Waals surface area contributed by atoms with E-state index in [1.54, 1.807) is 0 Å². The van der Waals surface area contributed by atoms with Crippen LogP contribution in [0.25, 0.3) is 76.7 Å². The molecule has 3 heterocycles. The Labute approximate surface area is 314 Å². The highest BCUT2D eigenvalue weighted by molar-refractivity contribution is 6.28. The second kappa shape index (κ2) is 13.1. The summed E-state index contributed by atoms with van der Waals surface area (Å²) in [5, 5.41) is 14.0. The van der Waals surface area contributed by atoms with Gasteiger partial charge in [-0.2, -0.15) is 0 Å². The lowest BCUT2D eigenvalue weighted by atomic mass is 9.89. The van der Waals surface area contributed by atoms with E-state index < -0.39 is 0 Å². The number of nitrogens with zero attached hydrogens (tertiary/aromatic N) is 1. The van der Waals surface area contributed by atoms with Crippen molar-refractivity contribution in [2.24, 2.45) is 0 Å². The molecule has 0 spiro atoms. The average molecular weight is 697 g/mol. The molecular weight excluding hydrogens is 657 g/mol. The normalized spacial score (nSPS) is 15.9. The van der Waals surface area contributed by atoms with Crippen molar-refractivity contribution >= 4 is 76.7 Å². The molecular formula is C51H40N2O. The standard InChI is InChI=1S/C49H34N2O.C2H6/c1-2-12-34(13-3-1)42-28-36(29-43(50-42)35-20-25-41-40-16-8-9-17-46(40)52-47(41)30-35)31-18-23-37(24-19-31)51-44-26-21-32-10-4-6-14-38(32)48(44)49-39-15-7-5-11-33(39)22-27-45(49)51;1-2/h1-18,20-23,25-30,42,50H,19,24H2;1-2H3. The maximum Gasteiger partial charge on any atom is 0.136 e. The molecule has 9 aromatic rings. The Bertz CT molecular complexity index is 2950. The molecule has 11 rings (SSSR count). The number of hydrogen-bond donors (Lipinski definition) is 1. The van der Waals surface area contributed by atoms with Gasteiger partial charge in [0.05, 0.1) is 17.1 Å². The third kappa shape index (κ3) is 5.19. The predicted octanol–water partition coefficient (Wildman–Crippen LogP) is 13.9. The number of allylic oxidation sites excluding steroid dienone is 6. The van der Waals surface area contributed by atoms with E-state index in [0.29, 0.717) is 0 Å². The molecule has 0 fully saturated rings. The van der Waals surface area contributed by atoms with Crippen molar-refractivity contribution in [1.82, 2.24) is 9.88 Å². The van der Waals surface area contributed by atoms with Crippen LogP contribution < -0.4 is 5.32 Å².